The number of ether oxygens (including phenoxy) is 1. The van der Waals surface area contributed by atoms with E-state index in [2.05, 4.69) is 10.3 Å². The highest BCUT2D eigenvalue weighted by Gasteiger charge is 2.22. The zero-order valence-electron chi connectivity index (χ0n) is 17.1. The summed E-state index contributed by atoms with van der Waals surface area (Å²) in [6.07, 6.45) is 0. The molecule has 1 amide bonds. The topological polar surface area (TPSA) is 79.9 Å². The molecule has 0 bridgehead atoms. The minimum absolute atomic E-state index is 0.179. The van der Waals surface area contributed by atoms with E-state index < -0.39 is 0 Å². The summed E-state index contributed by atoms with van der Waals surface area (Å²) in [4.78, 5) is 27.6. The van der Waals surface area contributed by atoms with Crippen molar-refractivity contribution in [1.29, 1.82) is 0 Å². The van der Waals surface area contributed by atoms with E-state index in [0.717, 1.165) is 37.4 Å². The summed E-state index contributed by atoms with van der Waals surface area (Å²) in [6.45, 7) is 2.38. The number of carbonyl (C=O) groups is 1. The monoisotopic (exact) mass is 428 g/mol. The lowest BCUT2D eigenvalue weighted by molar-refractivity contribution is 0.102. The molecule has 0 saturated heterocycles. The third kappa shape index (κ3) is 3.58. The number of amides is 1. The summed E-state index contributed by atoms with van der Waals surface area (Å²) < 4.78 is 5.44. The van der Waals surface area contributed by atoms with Gasteiger partial charge in [-0.05, 0) is 42.8 Å². The maximum absolute atomic E-state index is 13.1. The van der Waals surface area contributed by atoms with Crippen LogP contribution in [0.1, 0.15) is 21.6 Å². The smallest absolute Gasteiger partial charge is 0.255 e. The first kappa shape index (κ1) is 19.4. The number of fused-ring (bicyclic) bond motifs is 2. The van der Waals surface area contributed by atoms with E-state index in [1.807, 2.05) is 55.5 Å². The van der Waals surface area contributed by atoms with Gasteiger partial charge in [0.1, 0.15) is 4.83 Å². The number of anilines is 1. The van der Waals surface area contributed by atoms with Gasteiger partial charge in [0, 0.05) is 23.8 Å². The SMILES string of the molecule is COCc1cc(C)nc2sc(-c3nc4ccccc4[nH]3)c(NC(=O)c3ccccc3)c12. The van der Waals surface area contributed by atoms with E-state index in [4.69, 9.17) is 14.7 Å². The molecule has 0 aliphatic heterocycles. The van der Waals surface area contributed by atoms with Crippen LogP contribution in [0.25, 0.3) is 32.0 Å². The van der Waals surface area contributed by atoms with Gasteiger partial charge in [-0.25, -0.2) is 9.97 Å². The number of hydrogen-bond donors (Lipinski definition) is 2. The Balaban J connectivity index is 1.73. The van der Waals surface area contributed by atoms with Crippen LogP contribution >= 0.6 is 11.3 Å². The van der Waals surface area contributed by atoms with Crippen LogP contribution in [0, 0.1) is 6.92 Å². The standard InChI is InChI=1S/C24H20N4O2S/c1-14-12-16(13-30-2)19-20(28-23(29)15-8-4-3-5-9-15)21(31-24(19)25-14)22-26-17-10-6-7-11-18(17)27-22/h3-12H,13H2,1-2H3,(H,26,27)(H,28,29). The van der Waals surface area contributed by atoms with E-state index in [-0.39, 0.29) is 5.91 Å². The summed E-state index contributed by atoms with van der Waals surface area (Å²) in [5, 5.41) is 4.01. The van der Waals surface area contributed by atoms with Gasteiger partial charge in [0.2, 0.25) is 0 Å². The lowest BCUT2D eigenvalue weighted by Gasteiger charge is -2.10. The lowest BCUT2D eigenvalue weighted by Crippen LogP contribution is -2.12. The quantitative estimate of drug-likeness (QED) is 0.385. The zero-order chi connectivity index (χ0) is 21.4. The van der Waals surface area contributed by atoms with Crippen molar-refractivity contribution >= 4 is 44.2 Å². The van der Waals surface area contributed by atoms with Gasteiger partial charge in [0.15, 0.2) is 5.82 Å². The van der Waals surface area contributed by atoms with Gasteiger partial charge in [0.25, 0.3) is 5.91 Å². The summed E-state index contributed by atoms with van der Waals surface area (Å²) in [7, 11) is 1.66. The average molecular weight is 429 g/mol. The maximum atomic E-state index is 13.1. The van der Waals surface area contributed by atoms with Gasteiger partial charge in [-0.15, -0.1) is 11.3 Å². The second kappa shape index (κ2) is 7.94. The molecule has 0 radical (unpaired) electrons. The van der Waals surface area contributed by atoms with Crippen molar-refractivity contribution in [3.63, 3.8) is 0 Å². The number of imidazole rings is 1. The zero-order valence-corrected chi connectivity index (χ0v) is 17.9. The molecular weight excluding hydrogens is 408 g/mol. The first-order valence-electron chi connectivity index (χ1n) is 9.87. The summed E-state index contributed by atoms with van der Waals surface area (Å²) >= 11 is 1.51. The molecule has 0 fully saturated rings. The first-order valence-corrected chi connectivity index (χ1v) is 10.7. The molecule has 3 aromatic heterocycles. The van der Waals surface area contributed by atoms with Crippen LogP contribution in [-0.2, 0) is 11.3 Å². The molecule has 2 aromatic carbocycles. The number of para-hydroxylation sites is 2. The minimum atomic E-state index is -0.179. The van der Waals surface area contributed by atoms with E-state index in [0.29, 0.717) is 23.7 Å². The highest BCUT2D eigenvalue weighted by atomic mass is 32.1. The fraction of sp³-hybridized carbons (Fsp3) is 0.125. The van der Waals surface area contributed by atoms with Gasteiger partial charge >= 0.3 is 0 Å². The number of benzene rings is 2. The second-order valence-electron chi connectivity index (χ2n) is 7.26. The number of aromatic amines is 1. The fourth-order valence-electron chi connectivity index (χ4n) is 3.70. The number of carbonyl (C=O) groups excluding carboxylic acids is 1. The minimum Gasteiger partial charge on any atom is -0.380 e. The molecule has 2 N–H and O–H groups in total. The number of aryl methyl sites for hydroxylation is 1. The molecule has 3 heterocycles. The number of thiophene rings is 1. The van der Waals surface area contributed by atoms with Crippen LogP contribution in [0.2, 0.25) is 0 Å². The van der Waals surface area contributed by atoms with Crippen LogP contribution in [0.4, 0.5) is 5.69 Å². The van der Waals surface area contributed by atoms with Crippen LogP contribution in [0.15, 0.2) is 60.7 Å². The average Bonchev–Trinajstić information content (AvgIpc) is 3.36. The molecular formula is C24H20N4O2S. The van der Waals surface area contributed by atoms with Gasteiger partial charge < -0.3 is 15.0 Å². The van der Waals surface area contributed by atoms with E-state index >= 15 is 0 Å². The Morgan fingerprint density at radius 1 is 1.10 bits per heavy atom. The Morgan fingerprint density at radius 3 is 2.65 bits per heavy atom. The highest BCUT2D eigenvalue weighted by Crippen LogP contribution is 2.43. The van der Waals surface area contributed by atoms with Crippen molar-refractivity contribution < 1.29 is 9.53 Å². The number of hydrogen-bond acceptors (Lipinski definition) is 5. The lowest BCUT2D eigenvalue weighted by atomic mass is 10.1. The molecule has 6 nitrogen and oxygen atoms in total. The third-order valence-corrected chi connectivity index (χ3v) is 6.14. The number of pyridine rings is 1. The van der Waals surface area contributed by atoms with Gasteiger partial charge in [-0.2, -0.15) is 0 Å². The molecule has 0 aliphatic carbocycles. The van der Waals surface area contributed by atoms with Crippen molar-refractivity contribution in [2.24, 2.45) is 0 Å². The van der Waals surface area contributed by atoms with Crippen molar-refractivity contribution in [3.05, 3.63) is 77.5 Å². The molecule has 31 heavy (non-hydrogen) atoms. The third-order valence-electron chi connectivity index (χ3n) is 5.05. The number of methoxy groups -OCH3 is 1. The first-order chi connectivity index (χ1) is 15.1. The molecule has 7 heteroatoms. The van der Waals surface area contributed by atoms with Gasteiger partial charge in [0.05, 0.1) is 28.2 Å². The summed E-state index contributed by atoms with van der Waals surface area (Å²) in [5.74, 6) is 0.523. The predicted octanol–water partition coefficient (Wildman–Crippen LogP) is 5.55. The number of nitrogens with one attached hydrogen (secondary N) is 2. The van der Waals surface area contributed by atoms with E-state index in [1.165, 1.54) is 11.3 Å². The molecule has 0 saturated carbocycles. The number of rotatable bonds is 5. The maximum Gasteiger partial charge on any atom is 0.255 e. The number of H-pyrrole nitrogens is 1. The fourth-order valence-corrected chi connectivity index (χ4v) is 4.87. The normalized spacial score (nSPS) is 11.3. The molecule has 154 valence electrons. The largest absolute Gasteiger partial charge is 0.380 e. The van der Waals surface area contributed by atoms with Gasteiger partial charge in [-0.3, -0.25) is 4.79 Å². The van der Waals surface area contributed by atoms with E-state index in [1.54, 1.807) is 19.2 Å². The Labute approximate surface area is 182 Å². The van der Waals surface area contributed by atoms with Crippen molar-refractivity contribution in [2.45, 2.75) is 13.5 Å². The Hall–Kier alpha value is -3.55. The Kier molecular flexibility index (Phi) is 4.97. The van der Waals surface area contributed by atoms with Crippen molar-refractivity contribution in [2.75, 3.05) is 12.4 Å². The Bertz CT molecular complexity index is 1370. The van der Waals surface area contributed by atoms with Crippen LogP contribution < -0.4 is 5.32 Å². The summed E-state index contributed by atoms with van der Waals surface area (Å²) in [6, 6.07) is 19.0. The number of aromatic nitrogens is 3. The molecule has 0 atom stereocenters. The second-order valence-corrected chi connectivity index (χ2v) is 8.26. The molecule has 5 rings (SSSR count). The van der Waals surface area contributed by atoms with Crippen LogP contribution in [0.3, 0.4) is 0 Å². The molecule has 0 unspecified atom stereocenters. The molecule has 0 aliphatic rings. The van der Waals surface area contributed by atoms with Crippen LogP contribution in [-0.4, -0.2) is 28.0 Å². The molecule has 0 spiro atoms. The summed E-state index contributed by atoms with van der Waals surface area (Å²) in [5.41, 5.74) is 4.98. The molecule has 5 aromatic rings. The van der Waals surface area contributed by atoms with E-state index in [9.17, 15) is 4.79 Å². The van der Waals surface area contributed by atoms with Crippen molar-refractivity contribution in [1.82, 2.24) is 15.0 Å². The van der Waals surface area contributed by atoms with Crippen LogP contribution in [0.5, 0.6) is 0 Å². The Morgan fingerprint density at radius 2 is 1.87 bits per heavy atom. The van der Waals surface area contributed by atoms with Gasteiger partial charge in [-0.1, -0.05) is 30.3 Å². The number of nitrogens with zero attached hydrogens (tertiary/aromatic N) is 2. The highest BCUT2D eigenvalue weighted by molar-refractivity contribution is 7.22. The van der Waals surface area contributed by atoms with Crippen molar-refractivity contribution in [3.8, 4) is 10.7 Å². The predicted molar refractivity (Wildman–Crippen MR) is 125 cm³/mol.